The number of carbonyl (C=O) groups excluding carboxylic acids is 2. The van der Waals surface area contributed by atoms with E-state index < -0.39 is 5.97 Å². The molecule has 0 aliphatic carbocycles. The highest BCUT2D eigenvalue weighted by molar-refractivity contribution is 6.04. The molecule has 3 rings (SSSR count). The van der Waals surface area contributed by atoms with Crippen molar-refractivity contribution in [3.8, 4) is 11.3 Å². The first-order chi connectivity index (χ1) is 14.7. The molecule has 1 aromatic carbocycles. The minimum absolute atomic E-state index is 0.0211. The van der Waals surface area contributed by atoms with Crippen LogP contribution in [0.3, 0.4) is 0 Å². The topological polar surface area (TPSA) is 77.3 Å². The number of fused-ring (bicyclic) bond motifs is 1. The number of hydrogen-bond acceptors (Lipinski definition) is 5. The molecule has 0 fully saturated rings. The normalized spacial score (nSPS) is 11.5. The zero-order valence-electron chi connectivity index (χ0n) is 19.0. The molecule has 0 radical (unpaired) electrons. The van der Waals surface area contributed by atoms with Crippen LogP contribution in [0.25, 0.3) is 22.3 Å². The molecule has 0 atom stereocenters. The van der Waals surface area contributed by atoms with Crippen LogP contribution in [-0.2, 0) is 9.53 Å². The Morgan fingerprint density at radius 2 is 1.68 bits per heavy atom. The van der Waals surface area contributed by atoms with Crippen LogP contribution in [0.1, 0.15) is 57.9 Å². The summed E-state index contributed by atoms with van der Waals surface area (Å²) in [4.78, 5) is 32.1. The summed E-state index contributed by atoms with van der Waals surface area (Å²) >= 11 is 0. The molecule has 2 heterocycles. The van der Waals surface area contributed by atoms with Gasteiger partial charge in [-0.15, -0.1) is 0 Å². The maximum absolute atomic E-state index is 13.0. The van der Waals surface area contributed by atoms with Crippen LogP contribution < -0.4 is 0 Å². The Morgan fingerprint density at radius 1 is 1.03 bits per heavy atom. The predicted molar refractivity (Wildman–Crippen MR) is 121 cm³/mol. The first kappa shape index (κ1) is 22.5. The number of nitrogens with zero attached hydrogens (tertiary/aromatic N) is 4. The SMILES string of the molecule is CC(C)N(C(=O)COC(=O)c1cc(-c2ccccc2)nc2c1cnn2C(C)C)C(C)C. The summed E-state index contributed by atoms with van der Waals surface area (Å²) in [6, 6.07) is 11.5. The zero-order chi connectivity index (χ0) is 22.7. The van der Waals surface area contributed by atoms with Gasteiger partial charge in [-0.05, 0) is 47.6 Å². The van der Waals surface area contributed by atoms with Crippen molar-refractivity contribution in [2.45, 2.75) is 59.7 Å². The third-order valence-corrected chi connectivity index (χ3v) is 5.07. The molecule has 0 N–H and O–H groups in total. The minimum Gasteiger partial charge on any atom is -0.452 e. The lowest BCUT2D eigenvalue weighted by Crippen LogP contribution is -2.44. The van der Waals surface area contributed by atoms with Gasteiger partial charge < -0.3 is 9.64 Å². The van der Waals surface area contributed by atoms with Gasteiger partial charge in [-0.3, -0.25) is 4.79 Å². The first-order valence-corrected chi connectivity index (χ1v) is 10.6. The summed E-state index contributed by atoms with van der Waals surface area (Å²) in [6.45, 7) is 11.5. The molecule has 1 amide bonds. The molecule has 0 saturated carbocycles. The van der Waals surface area contributed by atoms with E-state index in [1.54, 1.807) is 21.8 Å². The van der Waals surface area contributed by atoms with E-state index in [1.807, 2.05) is 71.9 Å². The maximum Gasteiger partial charge on any atom is 0.339 e. The van der Waals surface area contributed by atoms with E-state index in [0.29, 0.717) is 22.3 Å². The van der Waals surface area contributed by atoms with Gasteiger partial charge in [-0.1, -0.05) is 30.3 Å². The summed E-state index contributed by atoms with van der Waals surface area (Å²) in [5.74, 6) is -0.779. The zero-order valence-corrected chi connectivity index (χ0v) is 19.0. The molecule has 0 bridgehead atoms. The van der Waals surface area contributed by atoms with Crippen LogP contribution >= 0.6 is 0 Å². The molecular formula is C24H30N4O3. The molecule has 0 spiro atoms. The molecule has 0 aliphatic rings. The van der Waals surface area contributed by atoms with Gasteiger partial charge in [0.15, 0.2) is 12.3 Å². The molecule has 164 valence electrons. The molecule has 7 heteroatoms. The van der Waals surface area contributed by atoms with E-state index in [-0.39, 0.29) is 30.6 Å². The number of benzene rings is 1. The predicted octanol–water partition coefficient (Wildman–Crippen LogP) is 4.48. The van der Waals surface area contributed by atoms with Crippen molar-refractivity contribution in [2.24, 2.45) is 0 Å². The number of amides is 1. The first-order valence-electron chi connectivity index (χ1n) is 10.6. The fourth-order valence-electron chi connectivity index (χ4n) is 3.77. The van der Waals surface area contributed by atoms with E-state index in [9.17, 15) is 9.59 Å². The highest BCUT2D eigenvalue weighted by atomic mass is 16.5. The Balaban J connectivity index is 1.97. The fourth-order valence-corrected chi connectivity index (χ4v) is 3.77. The number of hydrogen-bond donors (Lipinski definition) is 0. The van der Waals surface area contributed by atoms with Crippen molar-refractivity contribution >= 4 is 22.9 Å². The Hall–Kier alpha value is -3.22. The second-order valence-electron chi connectivity index (χ2n) is 8.41. The van der Waals surface area contributed by atoms with Gasteiger partial charge in [-0.25, -0.2) is 14.5 Å². The van der Waals surface area contributed by atoms with Crippen LogP contribution in [-0.4, -0.2) is 50.2 Å². The van der Waals surface area contributed by atoms with E-state index in [1.165, 1.54) is 0 Å². The Kier molecular flexibility index (Phi) is 6.73. The van der Waals surface area contributed by atoms with Gasteiger partial charge in [0, 0.05) is 23.7 Å². The number of rotatable bonds is 7. The van der Waals surface area contributed by atoms with E-state index in [4.69, 9.17) is 9.72 Å². The van der Waals surface area contributed by atoms with Crippen molar-refractivity contribution < 1.29 is 14.3 Å². The summed E-state index contributed by atoms with van der Waals surface area (Å²) in [6.07, 6.45) is 1.63. The number of carbonyl (C=O) groups is 2. The monoisotopic (exact) mass is 422 g/mol. The Labute approximate surface area is 183 Å². The molecule has 3 aromatic rings. The highest BCUT2D eigenvalue weighted by Gasteiger charge is 2.24. The average molecular weight is 423 g/mol. The Morgan fingerprint density at radius 3 is 2.26 bits per heavy atom. The third kappa shape index (κ3) is 4.76. The van der Waals surface area contributed by atoms with E-state index in [2.05, 4.69) is 5.10 Å². The number of pyridine rings is 1. The van der Waals surface area contributed by atoms with Crippen molar-refractivity contribution in [1.29, 1.82) is 0 Å². The number of ether oxygens (including phenoxy) is 1. The fraction of sp³-hybridized carbons (Fsp3) is 0.417. The van der Waals surface area contributed by atoms with Crippen molar-refractivity contribution in [3.63, 3.8) is 0 Å². The van der Waals surface area contributed by atoms with Crippen molar-refractivity contribution in [1.82, 2.24) is 19.7 Å². The molecule has 0 unspecified atom stereocenters. The van der Waals surface area contributed by atoms with Gasteiger partial charge in [0.2, 0.25) is 0 Å². The molecule has 0 saturated heterocycles. The quantitative estimate of drug-likeness (QED) is 0.525. The summed E-state index contributed by atoms with van der Waals surface area (Å²) in [5.41, 5.74) is 2.50. The van der Waals surface area contributed by atoms with Crippen molar-refractivity contribution in [3.05, 3.63) is 48.2 Å². The van der Waals surface area contributed by atoms with Gasteiger partial charge in [0.25, 0.3) is 5.91 Å². The van der Waals surface area contributed by atoms with Crippen LogP contribution in [0.15, 0.2) is 42.6 Å². The lowest BCUT2D eigenvalue weighted by atomic mass is 10.1. The van der Waals surface area contributed by atoms with Gasteiger partial charge in [-0.2, -0.15) is 5.10 Å². The number of aromatic nitrogens is 3. The Bertz CT molecular complexity index is 1060. The maximum atomic E-state index is 13.0. The number of esters is 1. The lowest BCUT2D eigenvalue weighted by Gasteiger charge is -2.30. The summed E-state index contributed by atoms with van der Waals surface area (Å²) in [7, 11) is 0. The van der Waals surface area contributed by atoms with Gasteiger partial charge >= 0.3 is 5.97 Å². The minimum atomic E-state index is -0.561. The average Bonchev–Trinajstić information content (AvgIpc) is 3.15. The molecule has 2 aromatic heterocycles. The third-order valence-electron chi connectivity index (χ3n) is 5.07. The van der Waals surface area contributed by atoms with Crippen molar-refractivity contribution in [2.75, 3.05) is 6.61 Å². The lowest BCUT2D eigenvalue weighted by molar-refractivity contribution is -0.138. The van der Waals surface area contributed by atoms with E-state index >= 15 is 0 Å². The largest absolute Gasteiger partial charge is 0.452 e. The highest BCUT2D eigenvalue weighted by Crippen LogP contribution is 2.27. The van der Waals surface area contributed by atoms with Crippen LogP contribution in [0.4, 0.5) is 0 Å². The van der Waals surface area contributed by atoms with Crippen LogP contribution in [0.2, 0.25) is 0 Å². The molecular weight excluding hydrogens is 392 g/mol. The summed E-state index contributed by atoms with van der Waals surface area (Å²) < 4.78 is 7.23. The second-order valence-corrected chi connectivity index (χ2v) is 8.41. The van der Waals surface area contributed by atoms with E-state index in [0.717, 1.165) is 5.56 Å². The van der Waals surface area contributed by atoms with Gasteiger partial charge in [0.05, 0.1) is 22.8 Å². The smallest absolute Gasteiger partial charge is 0.339 e. The molecule has 7 nitrogen and oxygen atoms in total. The van der Waals surface area contributed by atoms with Crippen LogP contribution in [0.5, 0.6) is 0 Å². The molecule has 31 heavy (non-hydrogen) atoms. The molecule has 0 aliphatic heterocycles. The van der Waals surface area contributed by atoms with Crippen LogP contribution in [0, 0.1) is 0 Å². The van der Waals surface area contributed by atoms with Gasteiger partial charge in [0.1, 0.15) is 0 Å². The standard InChI is InChI=1S/C24H30N4O3/c1-15(2)27(16(3)4)22(29)14-31-24(30)19-12-21(18-10-8-7-9-11-18)26-23-20(19)13-25-28(23)17(5)6/h7-13,15-17H,14H2,1-6H3. The second kappa shape index (κ2) is 9.29. The summed E-state index contributed by atoms with van der Waals surface area (Å²) in [5, 5.41) is 5.02.